The van der Waals surface area contributed by atoms with Crippen LogP contribution in [0.5, 0.6) is 0 Å². The molecule has 0 amide bonds. The van der Waals surface area contributed by atoms with E-state index in [4.69, 9.17) is 10.1 Å². The lowest BCUT2D eigenvalue weighted by Crippen LogP contribution is -2.24. The van der Waals surface area contributed by atoms with E-state index in [-0.39, 0.29) is 7.43 Å². The Bertz CT molecular complexity index is 365. The number of hydrogen-bond donors (Lipinski definition) is 2. The summed E-state index contributed by atoms with van der Waals surface area (Å²) in [5, 5.41) is 11.6. The smallest absolute Gasteiger partial charge is 0.106 e. The fourth-order valence-corrected chi connectivity index (χ4v) is 4.45. The predicted octanol–water partition coefficient (Wildman–Crippen LogP) is 12.6. The zero-order valence-electron chi connectivity index (χ0n) is 28.5. The van der Waals surface area contributed by atoms with E-state index in [1.165, 1.54) is 135 Å². The molecule has 0 fully saturated rings. The summed E-state index contributed by atoms with van der Waals surface area (Å²) in [6.07, 6.45) is 31.3. The van der Waals surface area contributed by atoms with Crippen molar-refractivity contribution in [3.63, 3.8) is 0 Å². The van der Waals surface area contributed by atoms with E-state index in [9.17, 15) is 0 Å². The molecule has 0 aromatic rings. The van der Waals surface area contributed by atoms with Crippen LogP contribution >= 0.6 is 0 Å². The summed E-state index contributed by atoms with van der Waals surface area (Å²) in [5.74, 6) is 0. The van der Waals surface area contributed by atoms with Crippen LogP contribution in [-0.2, 0) is 9.68 Å². The predicted molar refractivity (Wildman–Crippen MR) is 184 cm³/mol. The Morgan fingerprint density at radius 1 is 0.600 bits per heavy atom. The van der Waals surface area contributed by atoms with Crippen LogP contribution in [0.25, 0.3) is 0 Å². The lowest BCUT2D eigenvalue weighted by Gasteiger charge is -2.17. The molecule has 0 bridgehead atoms. The molecule has 0 saturated carbocycles. The molecule has 0 aromatic heterocycles. The van der Waals surface area contributed by atoms with Gasteiger partial charge in [0.05, 0.1) is 6.61 Å². The number of carbonyl (C=O) groups is 1. The van der Waals surface area contributed by atoms with Crippen molar-refractivity contribution in [2.75, 3.05) is 13.7 Å². The van der Waals surface area contributed by atoms with Crippen molar-refractivity contribution in [1.82, 2.24) is 5.32 Å². The van der Waals surface area contributed by atoms with Crippen molar-refractivity contribution in [3.05, 3.63) is 0 Å². The summed E-state index contributed by atoms with van der Waals surface area (Å²) < 4.78 is 0. The highest BCUT2D eigenvalue weighted by atomic mass is 17.1. The average Bonchev–Trinajstić information content (AvgIpc) is 2.93. The van der Waals surface area contributed by atoms with Gasteiger partial charge in [-0.15, -0.1) is 0 Å². The minimum absolute atomic E-state index is 0. The van der Waals surface area contributed by atoms with Crippen molar-refractivity contribution in [2.24, 2.45) is 5.41 Å². The molecule has 0 rings (SSSR count). The molecule has 0 aliphatic carbocycles. The summed E-state index contributed by atoms with van der Waals surface area (Å²) in [6.45, 7) is 18.3. The van der Waals surface area contributed by atoms with Crippen LogP contribution in [0, 0.1) is 5.41 Å². The van der Waals surface area contributed by atoms with Gasteiger partial charge in [-0.1, -0.05) is 178 Å². The highest BCUT2D eigenvalue weighted by Crippen LogP contribution is 2.22. The second-order valence-corrected chi connectivity index (χ2v) is 12.4. The third kappa shape index (κ3) is 57.4. The van der Waals surface area contributed by atoms with E-state index in [1.807, 2.05) is 6.79 Å². The zero-order chi connectivity index (χ0) is 30.5. The van der Waals surface area contributed by atoms with E-state index in [2.05, 4.69) is 65.7 Å². The quantitative estimate of drug-likeness (QED) is 0.0682. The van der Waals surface area contributed by atoms with Gasteiger partial charge in [-0.2, -0.15) is 0 Å². The highest BCUT2D eigenvalue weighted by Gasteiger charge is 2.08. The highest BCUT2D eigenvalue weighted by molar-refractivity contribution is 5.11. The first-order valence-electron chi connectivity index (χ1n) is 17.0. The number of rotatable bonds is 24. The number of carbonyl (C=O) groups excluding carboxylic acids is 1. The summed E-state index contributed by atoms with van der Waals surface area (Å²) in [6, 6.07) is 0.775. The molecule has 0 atom stereocenters. The molecule has 0 aliphatic rings. The molecule has 40 heavy (non-hydrogen) atoms. The van der Waals surface area contributed by atoms with E-state index >= 15 is 0 Å². The Morgan fingerprint density at radius 2 is 0.925 bits per heavy atom. The van der Waals surface area contributed by atoms with Gasteiger partial charge >= 0.3 is 0 Å². The fourth-order valence-electron chi connectivity index (χ4n) is 4.45. The Hall–Kier alpha value is -0.450. The first-order valence-corrected chi connectivity index (χ1v) is 17.0. The molecule has 0 spiro atoms. The van der Waals surface area contributed by atoms with Crippen LogP contribution in [0.1, 0.15) is 204 Å². The minimum atomic E-state index is 0. The fraction of sp³-hybridized carbons (Fsp3) is 0.972. The standard InChI is InChI=1S/C18H39N.C10H22O2.C6H14.CH2O.CH4/c1-4-6-8-10-12-14-16-18(19-3)17-15-13-11-9-7-5-2;1-10(2,3)8-6-4-5-7-9-12-11;1-3-5-6-4-2;1-2;/h18-19H,4-17H2,1-3H3;11H,4-9H2,1-3H3;3-6H2,1-2H3;1H2;1H4. The van der Waals surface area contributed by atoms with Gasteiger partial charge in [0.2, 0.25) is 0 Å². The van der Waals surface area contributed by atoms with Crippen LogP contribution < -0.4 is 5.32 Å². The molecule has 0 radical (unpaired) electrons. The maximum atomic E-state index is 8.05. The van der Waals surface area contributed by atoms with E-state index in [0.717, 1.165) is 18.9 Å². The average molecular weight is 576 g/mol. The molecule has 0 saturated heterocycles. The Morgan fingerprint density at radius 3 is 1.27 bits per heavy atom. The first kappa shape index (κ1) is 49.2. The molecule has 4 heteroatoms. The molecule has 0 aliphatic heterocycles. The van der Waals surface area contributed by atoms with Crippen molar-refractivity contribution in [2.45, 2.75) is 210 Å². The summed E-state index contributed by atoms with van der Waals surface area (Å²) >= 11 is 0. The van der Waals surface area contributed by atoms with Crippen molar-refractivity contribution in [1.29, 1.82) is 0 Å². The Kier molecular flexibility index (Phi) is 56.1. The molecule has 0 heterocycles. The number of unbranched alkanes of at least 4 members (excludes halogenated alkanes) is 16. The van der Waals surface area contributed by atoms with E-state index < -0.39 is 0 Å². The second-order valence-electron chi connectivity index (χ2n) is 12.4. The monoisotopic (exact) mass is 576 g/mol. The van der Waals surface area contributed by atoms with Crippen LogP contribution in [0.15, 0.2) is 0 Å². The summed E-state index contributed by atoms with van der Waals surface area (Å²) in [7, 11) is 2.14. The van der Waals surface area contributed by atoms with E-state index in [0.29, 0.717) is 12.0 Å². The van der Waals surface area contributed by atoms with Gasteiger partial charge < -0.3 is 10.1 Å². The minimum Gasteiger partial charge on any atom is -0.317 e. The van der Waals surface area contributed by atoms with Gasteiger partial charge in [-0.3, -0.25) is 5.26 Å². The molecular formula is C36H81NO3. The van der Waals surface area contributed by atoms with Crippen molar-refractivity contribution >= 4 is 6.79 Å². The SMILES string of the molecule is C.C=O.CC(C)(C)CCCCCCOO.CCCCCC.CCCCCCCCC(CCCCCCCC)NC. The van der Waals surface area contributed by atoms with Crippen LogP contribution in [0.3, 0.4) is 0 Å². The number of nitrogens with one attached hydrogen (secondary N) is 1. The normalized spacial score (nSPS) is 10.4. The Balaban J connectivity index is -0.000000166. The Labute approximate surface area is 255 Å². The van der Waals surface area contributed by atoms with Gasteiger partial charge in [-0.25, -0.2) is 4.89 Å². The lowest BCUT2D eigenvalue weighted by molar-refractivity contribution is -0.242. The summed E-state index contributed by atoms with van der Waals surface area (Å²) in [5.41, 5.74) is 0.466. The maximum Gasteiger partial charge on any atom is 0.106 e. The third-order valence-electron chi connectivity index (χ3n) is 7.09. The van der Waals surface area contributed by atoms with Gasteiger partial charge in [0.1, 0.15) is 6.79 Å². The van der Waals surface area contributed by atoms with Crippen molar-refractivity contribution in [3.8, 4) is 0 Å². The molecule has 0 unspecified atom stereocenters. The van der Waals surface area contributed by atoms with Gasteiger partial charge in [0, 0.05) is 6.04 Å². The largest absolute Gasteiger partial charge is 0.317 e. The third-order valence-corrected chi connectivity index (χ3v) is 7.09. The first-order chi connectivity index (χ1) is 18.8. The van der Waals surface area contributed by atoms with Gasteiger partial charge in [0.15, 0.2) is 0 Å². The van der Waals surface area contributed by atoms with Crippen LogP contribution in [0.4, 0.5) is 0 Å². The second kappa shape index (κ2) is 45.5. The zero-order valence-corrected chi connectivity index (χ0v) is 28.5. The molecule has 2 N–H and O–H groups in total. The topological polar surface area (TPSA) is 58.6 Å². The van der Waals surface area contributed by atoms with Gasteiger partial charge in [-0.05, 0) is 38.1 Å². The molecule has 0 aromatic carbocycles. The van der Waals surface area contributed by atoms with E-state index in [1.54, 1.807) is 0 Å². The maximum absolute atomic E-state index is 8.05. The molecular weight excluding hydrogens is 494 g/mol. The lowest BCUT2D eigenvalue weighted by atomic mass is 9.89. The van der Waals surface area contributed by atoms with Crippen LogP contribution in [-0.4, -0.2) is 31.7 Å². The number of hydrogen-bond acceptors (Lipinski definition) is 4. The molecule has 4 nitrogen and oxygen atoms in total. The molecule has 248 valence electrons. The van der Waals surface area contributed by atoms with Gasteiger partial charge in [0.25, 0.3) is 0 Å². The van der Waals surface area contributed by atoms with Crippen LogP contribution in [0.2, 0.25) is 0 Å². The van der Waals surface area contributed by atoms with Crippen molar-refractivity contribution < 1.29 is 14.9 Å². The summed E-state index contributed by atoms with van der Waals surface area (Å²) in [4.78, 5) is 12.0.